The summed E-state index contributed by atoms with van der Waals surface area (Å²) >= 11 is 0. The Bertz CT molecular complexity index is 99.5. The molecule has 8 heavy (non-hydrogen) atoms. The fraction of sp³-hybridized carbons (Fsp3) is 0.750. The van der Waals surface area contributed by atoms with E-state index in [1.807, 2.05) is 0 Å². The van der Waals surface area contributed by atoms with Gasteiger partial charge in [-0.25, -0.2) is 4.79 Å². The second-order valence-electron chi connectivity index (χ2n) is 1.59. The highest BCUT2D eigenvalue weighted by atomic mass is 16.6. The first-order valence-electron chi connectivity index (χ1n) is 2.33. The van der Waals surface area contributed by atoms with Gasteiger partial charge in [0.25, 0.3) is 0 Å². The molecule has 1 fully saturated rings. The van der Waals surface area contributed by atoms with Crippen molar-refractivity contribution in [3.8, 4) is 0 Å². The lowest BCUT2D eigenvalue weighted by Gasteiger charge is -1.93. The summed E-state index contributed by atoms with van der Waals surface area (Å²) in [5, 5.41) is 0. The largest absolute Gasteiger partial charge is 0.447 e. The maximum atomic E-state index is 9.88. The summed E-state index contributed by atoms with van der Waals surface area (Å²) in [6, 6.07) is 0. The first kappa shape index (κ1) is 5.37. The molecule has 4 heteroatoms. The second-order valence-corrected chi connectivity index (χ2v) is 1.59. The topological polar surface area (TPSA) is 64.9 Å². The van der Waals surface area contributed by atoms with Crippen LogP contribution in [0.4, 0.5) is 4.79 Å². The Morgan fingerprint density at radius 2 is 2.62 bits per heavy atom. The predicted molar refractivity (Wildman–Crippen MR) is 25.3 cm³/mol. The number of hydrogen-bond donors (Lipinski definition) is 1. The van der Waals surface area contributed by atoms with Crippen LogP contribution in [-0.2, 0) is 9.47 Å². The predicted octanol–water partition coefficient (Wildman–Crippen LogP) is -0.520. The van der Waals surface area contributed by atoms with Gasteiger partial charge in [-0.05, 0) is 0 Å². The van der Waals surface area contributed by atoms with Gasteiger partial charge in [-0.2, -0.15) is 0 Å². The van der Waals surface area contributed by atoms with Crippen molar-refractivity contribution in [2.24, 2.45) is 5.73 Å². The number of epoxide rings is 1. The minimum atomic E-state index is -0.736. The Morgan fingerprint density at radius 1 is 2.00 bits per heavy atom. The van der Waals surface area contributed by atoms with Gasteiger partial charge in [-0.1, -0.05) is 0 Å². The lowest BCUT2D eigenvalue weighted by molar-refractivity contribution is 0.146. The number of nitrogens with two attached hydrogens (primary N) is 1. The lowest BCUT2D eigenvalue weighted by Crippen LogP contribution is -2.15. The first-order valence-corrected chi connectivity index (χ1v) is 2.33. The molecule has 1 heterocycles. The first-order chi connectivity index (χ1) is 3.79. The molecule has 46 valence electrons. The minimum absolute atomic E-state index is 0.113. The summed E-state index contributed by atoms with van der Waals surface area (Å²) in [4.78, 5) is 9.88. The van der Waals surface area contributed by atoms with E-state index in [2.05, 4.69) is 10.5 Å². The average Bonchev–Trinajstić information content (AvgIpc) is 2.41. The monoisotopic (exact) mass is 117 g/mol. The molecule has 4 nitrogen and oxygen atoms in total. The molecule has 0 radical (unpaired) electrons. The van der Waals surface area contributed by atoms with Crippen LogP contribution in [0.2, 0.25) is 0 Å². The van der Waals surface area contributed by atoms with Crippen LogP contribution in [0.1, 0.15) is 0 Å². The molecular weight excluding hydrogens is 110 g/mol. The smallest absolute Gasteiger partial charge is 0.404 e. The summed E-state index contributed by atoms with van der Waals surface area (Å²) in [7, 11) is 0. The molecule has 1 atom stereocenters. The van der Waals surface area contributed by atoms with E-state index in [0.29, 0.717) is 13.2 Å². The van der Waals surface area contributed by atoms with Crippen LogP contribution in [0, 0.1) is 0 Å². The van der Waals surface area contributed by atoms with E-state index in [9.17, 15) is 4.79 Å². The third-order valence-corrected chi connectivity index (χ3v) is 0.814. The van der Waals surface area contributed by atoms with Crippen LogP contribution in [0.5, 0.6) is 0 Å². The fourth-order valence-electron chi connectivity index (χ4n) is 0.339. The van der Waals surface area contributed by atoms with Crippen molar-refractivity contribution in [3.05, 3.63) is 0 Å². The van der Waals surface area contributed by atoms with Gasteiger partial charge in [0.15, 0.2) is 0 Å². The van der Waals surface area contributed by atoms with Gasteiger partial charge in [0.05, 0.1) is 6.61 Å². The molecule has 0 bridgehead atoms. The van der Waals surface area contributed by atoms with Crippen LogP contribution in [0.3, 0.4) is 0 Å². The normalized spacial score (nSPS) is 24.8. The summed E-state index contributed by atoms with van der Waals surface area (Å²) in [5.41, 5.74) is 4.65. The molecule has 0 aliphatic carbocycles. The fourth-order valence-corrected chi connectivity index (χ4v) is 0.339. The zero-order chi connectivity index (χ0) is 5.98. The van der Waals surface area contributed by atoms with E-state index in [0.717, 1.165) is 0 Å². The minimum Gasteiger partial charge on any atom is -0.447 e. The van der Waals surface area contributed by atoms with Crippen LogP contribution in [-0.4, -0.2) is 25.4 Å². The van der Waals surface area contributed by atoms with Crippen molar-refractivity contribution in [1.82, 2.24) is 0 Å². The molecule has 1 rings (SSSR count). The van der Waals surface area contributed by atoms with E-state index in [1.54, 1.807) is 0 Å². The number of carbonyl (C=O) groups is 1. The number of amides is 1. The zero-order valence-electron chi connectivity index (χ0n) is 4.29. The second kappa shape index (κ2) is 2.00. The van der Waals surface area contributed by atoms with E-state index >= 15 is 0 Å². The quantitative estimate of drug-likeness (QED) is 0.495. The standard InChI is InChI=1S/C4H7NO3/c5-4(6)8-2-3-1-7-3/h3H,1-2H2,(H2,5,6)/t3-/m0/s1. The van der Waals surface area contributed by atoms with E-state index in [4.69, 9.17) is 4.74 Å². The Morgan fingerprint density at radius 3 is 3.00 bits per heavy atom. The summed E-state index contributed by atoms with van der Waals surface area (Å²) in [6.07, 6.45) is -0.622. The highest BCUT2D eigenvalue weighted by molar-refractivity contribution is 5.64. The summed E-state index contributed by atoms with van der Waals surface area (Å²) in [5.74, 6) is 0. The SMILES string of the molecule is NC(=O)OC[C@@H]1CO1. The highest BCUT2D eigenvalue weighted by Crippen LogP contribution is 2.07. The van der Waals surface area contributed by atoms with E-state index in [1.165, 1.54) is 0 Å². The summed E-state index contributed by atoms with van der Waals surface area (Å²) < 4.78 is 9.11. The Hall–Kier alpha value is -0.770. The molecule has 0 saturated carbocycles. The molecule has 0 unspecified atom stereocenters. The number of carbonyl (C=O) groups excluding carboxylic acids is 1. The van der Waals surface area contributed by atoms with Crippen molar-refractivity contribution >= 4 is 6.09 Å². The van der Waals surface area contributed by atoms with Gasteiger partial charge in [-0.15, -0.1) is 0 Å². The highest BCUT2D eigenvalue weighted by Gasteiger charge is 2.23. The van der Waals surface area contributed by atoms with Crippen LogP contribution >= 0.6 is 0 Å². The van der Waals surface area contributed by atoms with Crippen molar-refractivity contribution in [1.29, 1.82) is 0 Å². The Kier molecular flexibility index (Phi) is 1.34. The van der Waals surface area contributed by atoms with Crippen molar-refractivity contribution in [3.63, 3.8) is 0 Å². The number of rotatable bonds is 2. The number of primary amides is 1. The maximum Gasteiger partial charge on any atom is 0.404 e. The molecule has 1 aliphatic heterocycles. The third-order valence-electron chi connectivity index (χ3n) is 0.814. The van der Waals surface area contributed by atoms with Gasteiger partial charge in [0, 0.05) is 0 Å². The van der Waals surface area contributed by atoms with Crippen LogP contribution < -0.4 is 5.73 Å². The van der Waals surface area contributed by atoms with Crippen LogP contribution in [0.15, 0.2) is 0 Å². The van der Waals surface area contributed by atoms with Gasteiger partial charge >= 0.3 is 6.09 Å². The van der Waals surface area contributed by atoms with Crippen molar-refractivity contribution in [2.45, 2.75) is 6.10 Å². The molecule has 0 spiro atoms. The number of hydrogen-bond acceptors (Lipinski definition) is 3. The van der Waals surface area contributed by atoms with E-state index in [-0.39, 0.29) is 6.10 Å². The Balaban J connectivity index is 1.95. The lowest BCUT2D eigenvalue weighted by atomic mass is 10.5. The molecule has 1 saturated heterocycles. The summed E-state index contributed by atoms with van der Waals surface area (Å²) in [6.45, 7) is 0.989. The Labute approximate surface area is 46.6 Å². The molecule has 0 aromatic rings. The molecular formula is C4H7NO3. The van der Waals surface area contributed by atoms with Gasteiger partial charge in [0.2, 0.25) is 0 Å². The average molecular weight is 117 g/mol. The molecule has 0 aromatic carbocycles. The molecule has 2 N–H and O–H groups in total. The molecule has 1 aliphatic rings. The van der Waals surface area contributed by atoms with Gasteiger partial charge < -0.3 is 15.2 Å². The number of ether oxygens (including phenoxy) is 2. The van der Waals surface area contributed by atoms with Gasteiger partial charge in [-0.3, -0.25) is 0 Å². The third kappa shape index (κ3) is 1.79. The van der Waals surface area contributed by atoms with Crippen molar-refractivity contribution < 1.29 is 14.3 Å². The van der Waals surface area contributed by atoms with Gasteiger partial charge in [0.1, 0.15) is 12.7 Å². The maximum absolute atomic E-state index is 9.88. The van der Waals surface area contributed by atoms with E-state index < -0.39 is 6.09 Å². The zero-order valence-corrected chi connectivity index (χ0v) is 4.29. The molecule has 0 aromatic heterocycles. The molecule has 1 amide bonds. The van der Waals surface area contributed by atoms with Crippen molar-refractivity contribution in [2.75, 3.05) is 13.2 Å². The van der Waals surface area contributed by atoms with Crippen LogP contribution in [0.25, 0.3) is 0 Å².